The standard InChI is InChI=1S/C14H12F2N2O4/c1-3-20-13(19)9-7-17-18(8(9)2)10-5-4-6-11-12(10)22-14(15,16)21-11/h4-7H,3H2,1-2H3. The summed E-state index contributed by atoms with van der Waals surface area (Å²) < 4.78 is 41.6. The number of para-hydroxylation sites is 1. The van der Waals surface area contributed by atoms with E-state index in [4.69, 9.17) is 4.74 Å². The number of carbonyl (C=O) groups is 1. The molecule has 0 radical (unpaired) electrons. The number of esters is 1. The van der Waals surface area contributed by atoms with E-state index in [1.807, 2.05) is 0 Å². The first-order valence-electron chi connectivity index (χ1n) is 6.54. The minimum atomic E-state index is -3.72. The number of hydrogen-bond acceptors (Lipinski definition) is 5. The fourth-order valence-electron chi connectivity index (χ4n) is 2.18. The molecule has 0 N–H and O–H groups in total. The molecule has 1 aliphatic rings. The number of benzene rings is 1. The molecule has 0 bridgehead atoms. The van der Waals surface area contributed by atoms with Crippen LogP contribution in [-0.4, -0.2) is 28.7 Å². The summed E-state index contributed by atoms with van der Waals surface area (Å²) in [5, 5.41) is 4.05. The van der Waals surface area contributed by atoms with E-state index in [-0.39, 0.29) is 29.4 Å². The van der Waals surface area contributed by atoms with Crippen molar-refractivity contribution in [1.29, 1.82) is 0 Å². The molecule has 0 atom stereocenters. The Labute approximate surface area is 124 Å². The lowest BCUT2D eigenvalue weighted by Gasteiger charge is -2.09. The highest BCUT2D eigenvalue weighted by Gasteiger charge is 2.45. The smallest absolute Gasteiger partial charge is 0.462 e. The van der Waals surface area contributed by atoms with E-state index in [1.54, 1.807) is 19.9 Å². The van der Waals surface area contributed by atoms with Gasteiger partial charge in [-0.2, -0.15) is 5.10 Å². The van der Waals surface area contributed by atoms with Crippen molar-refractivity contribution in [2.45, 2.75) is 20.1 Å². The van der Waals surface area contributed by atoms with Gasteiger partial charge in [0.25, 0.3) is 0 Å². The summed E-state index contributed by atoms with van der Waals surface area (Å²) in [5.74, 6) is -0.745. The third kappa shape index (κ3) is 2.26. The average molecular weight is 310 g/mol. The van der Waals surface area contributed by atoms with Gasteiger partial charge in [0.05, 0.1) is 18.5 Å². The number of alkyl halides is 2. The van der Waals surface area contributed by atoms with Crippen molar-refractivity contribution in [2.75, 3.05) is 6.61 Å². The molecule has 2 aromatic rings. The van der Waals surface area contributed by atoms with Crippen LogP contribution in [0, 0.1) is 6.92 Å². The van der Waals surface area contributed by atoms with E-state index < -0.39 is 12.3 Å². The third-order valence-corrected chi connectivity index (χ3v) is 3.14. The van der Waals surface area contributed by atoms with E-state index in [0.29, 0.717) is 5.69 Å². The number of hydrogen-bond donors (Lipinski definition) is 0. The maximum Gasteiger partial charge on any atom is 0.586 e. The monoisotopic (exact) mass is 310 g/mol. The molecule has 22 heavy (non-hydrogen) atoms. The van der Waals surface area contributed by atoms with Crippen molar-refractivity contribution in [3.63, 3.8) is 0 Å². The van der Waals surface area contributed by atoms with Gasteiger partial charge in [-0.3, -0.25) is 0 Å². The van der Waals surface area contributed by atoms with Crippen LogP contribution in [0.2, 0.25) is 0 Å². The molecule has 0 spiro atoms. The van der Waals surface area contributed by atoms with Gasteiger partial charge in [-0.05, 0) is 26.0 Å². The Balaban J connectivity index is 2.04. The van der Waals surface area contributed by atoms with Gasteiger partial charge in [0.2, 0.25) is 0 Å². The molecule has 6 nitrogen and oxygen atoms in total. The first-order valence-corrected chi connectivity index (χ1v) is 6.54. The molecule has 1 aromatic heterocycles. The van der Waals surface area contributed by atoms with Crippen molar-refractivity contribution >= 4 is 5.97 Å². The summed E-state index contributed by atoms with van der Waals surface area (Å²) in [6, 6.07) is 4.44. The van der Waals surface area contributed by atoms with Gasteiger partial charge in [-0.1, -0.05) is 6.07 Å². The number of nitrogens with zero attached hydrogens (tertiary/aromatic N) is 2. The molecule has 1 aliphatic heterocycles. The van der Waals surface area contributed by atoms with Gasteiger partial charge in [-0.25, -0.2) is 9.48 Å². The normalized spacial score (nSPS) is 14.9. The molecule has 116 valence electrons. The fourth-order valence-corrected chi connectivity index (χ4v) is 2.18. The molecule has 2 heterocycles. The van der Waals surface area contributed by atoms with Crippen LogP contribution in [0.4, 0.5) is 8.78 Å². The van der Waals surface area contributed by atoms with Crippen molar-refractivity contribution in [3.05, 3.63) is 35.7 Å². The number of ether oxygens (including phenoxy) is 3. The highest BCUT2D eigenvalue weighted by Crippen LogP contribution is 2.44. The van der Waals surface area contributed by atoms with E-state index in [1.165, 1.54) is 23.0 Å². The molecule has 0 fully saturated rings. The second-order valence-corrected chi connectivity index (χ2v) is 4.55. The first kappa shape index (κ1) is 14.3. The Morgan fingerprint density at radius 2 is 2.18 bits per heavy atom. The van der Waals surface area contributed by atoms with Crippen molar-refractivity contribution in [1.82, 2.24) is 9.78 Å². The molecule has 0 amide bonds. The van der Waals surface area contributed by atoms with Crippen molar-refractivity contribution in [3.8, 4) is 17.2 Å². The lowest BCUT2D eigenvalue weighted by atomic mass is 10.2. The Morgan fingerprint density at radius 1 is 1.41 bits per heavy atom. The molecule has 0 aliphatic carbocycles. The van der Waals surface area contributed by atoms with Gasteiger partial charge < -0.3 is 14.2 Å². The molecular formula is C14H12F2N2O4. The van der Waals surface area contributed by atoms with Gasteiger partial charge in [-0.15, -0.1) is 8.78 Å². The minimum Gasteiger partial charge on any atom is -0.462 e. The number of fused-ring (bicyclic) bond motifs is 1. The first-order chi connectivity index (χ1) is 10.4. The lowest BCUT2D eigenvalue weighted by Crippen LogP contribution is -2.26. The second-order valence-electron chi connectivity index (χ2n) is 4.55. The highest BCUT2D eigenvalue weighted by atomic mass is 19.3. The second kappa shape index (κ2) is 4.97. The fraction of sp³-hybridized carbons (Fsp3) is 0.286. The molecule has 0 unspecified atom stereocenters. The van der Waals surface area contributed by atoms with Crippen LogP contribution in [0.1, 0.15) is 23.0 Å². The van der Waals surface area contributed by atoms with Crippen LogP contribution in [0.5, 0.6) is 11.5 Å². The van der Waals surface area contributed by atoms with Crippen LogP contribution in [-0.2, 0) is 4.74 Å². The van der Waals surface area contributed by atoms with Crippen molar-refractivity contribution in [2.24, 2.45) is 0 Å². The van der Waals surface area contributed by atoms with Crippen LogP contribution in [0.3, 0.4) is 0 Å². The van der Waals surface area contributed by atoms with E-state index >= 15 is 0 Å². The molecule has 1 aromatic carbocycles. The zero-order valence-corrected chi connectivity index (χ0v) is 11.8. The summed E-state index contributed by atoms with van der Waals surface area (Å²) >= 11 is 0. The molecule has 8 heteroatoms. The van der Waals surface area contributed by atoms with Crippen LogP contribution in [0.25, 0.3) is 5.69 Å². The van der Waals surface area contributed by atoms with Gasteiger partial charge >= 0.3 is 12.3 Å². The minimum absolute atomic E-state index is 0.0879. The Kier molecular flexibility index (Phi) is 3.23. The Morgan fingerprint density at radius 3 is 2.91 bits per heavy atom. The Bertz CT molecular complexity index is 742. The molecule has 0 saturated carbocycles. The number of halogens is 2. The van der Waals surface area contributed by atoms with Gasteiger partial charge in [0.1, 0.15) is 11.3 Å². The Hall–Kier alpha value is -2.64. The third-order valence-electron chi connectivity index (χ3n) is 3.14. The SMILES string of the molecule is CCOC(=O)c1cnn(-c2cccc3c2OC(F)(F)O3)c1C. The highest BCUT2D eigenvalue weighted by molar-refractivity contribution is 5.90. The summed E-state index contributed by atoms with van der Waals surface area (Å²) in [7, 11) is 0. The maximum absolute atomic E-state index is 13.2. The van der Waals surface area contributed by atoms with E-state index in [0.717, 1.165) is 0 Å². The zero-order chi connectivity index (χ0) is 15.9. The number of carbonyl (C=O) groups excluding carboxylic acids is 1. The molecular weight excluding hydrogens is 298 g/mol. The number of rotatable bonds is 3. The molecule has 3 rings (SSSR count). The predicted octanol–water partition coefficient (Wildman–Crippen LogP) is 2.68. The van der Waals surface area contributed by atoms with Crippen molar-refractivity contribution < 1.29 is 27.8 Å². The average Bonchev–Trinajstić information content (AvgIpc) is 2.97. The molecule has 0 saturated heterocycles. The predicted molar refractivity (Wildman–Crippen MR) is 70.5 cm³/mol. The number of aromatic nitrogens is 2. The zero-order valence-electron chi connectivity index (χ0n) is 11.8. The van der Waals surface area contributed by atoms with Crippen LogP contribution >= 0.6 is 0 Å². The largest absolute Gasteiger partial charge is 0.586 e. The summed E-state index contributed by atoms with van der Waals surface area (Å²) in [4.78, 5) is 11.8. The van der Waals surface area contributed by atoms with E-state index in [2.05, 4.69) is 14.6 Å². The lowest BCUT2D eigenvalue weighted by molar-refractivity contribution is -0.286. The summed E-state index contributed by atoms with van der Waals surface area (Å²) in [6.07, 6.45) is -2.40. The van der Waals surface area contributed by atoms with Crippen LogP contribution in [0.15, 0.2) is 24.4 Å². The van der Waals surface area contributed by atoms with Gasteiger partial charge in [0.15, 0.2) is 11.5 Å². The summed E-state index contributed by atoms with van der Waals surface area (Å²) in [5.41, 5.74) is 0.957. The quantitative estimate of drug-likeness (QED) is 0.816. The maximum atomic E-state index is 13.2. The van der Waals surface area contributed by atoms with Gasteiger partial charge in [0, 0.05) is 0 Å². The van der Waals surface area contributed by atoms with Crippen LogP contribution < -0.4 is 9.47 Å². The summed E-state index contributed by atoms with van der Waals surface area (Å²) in [6.45, 7) is 3.55. The topological polar surface area (TPSA) is 62.6 Å². The van der Waals surface area contributed by atoms with E-state index in [9.17, 15) is 13.6 Å².